The third-order valence-corrected chi connectivity index (χ3v) is 5.32. The SMILES string of the molecule is COC1[C@H]2[C@@H]3C[C@@H](Br)[C@@H]1CC[C@@H]32. The number of fused-ring (bicyclic) bond motifs is 2. The van der Waals surface area contributed by atoms with Gasteiger partial charge in [-0.25, -0.2) is 0 Å². The van der Waals surface area contributed by atoms with E-state index in [-0.39, 0.29) is 0 Å². The van der Waals surface area contributed by atoms with Crippen LogP contribution >= 0.6 is 15.9 Å². The predicted octanol–water partition coefficient (Wildman–Crippen LogP) is 2.44. The molecule has 12 heavy (non-hydrogen) atoms. The molecule has 0 spiro atoms. The van der Waals surface area contributed by atoms with E-state index in [0.717, 1.165) is 28.5 Å². The molecule has 3 aliphatic rings. The zero-order chi connectivity index (χ0) is 8.29. The summed E-state index contributed by atoms with van der Waals surface area (Å²) in [5, 5.41) is 0. The van der Waals surface area contributed by atoms with Crippen LogP contribution in [0.1, 0.15) is 19.3 Å². The topological polar surface area (TPSA) is 9.23 Å². The van der Waals surface area contributed by atoms with E-state index in [0.29, 0.717) is 6.10 Å². The smallest absolute Gasteiger partial charge is 0.0643 e. The zero-order valence-electron chi connectivity index (χ0n) is 7.37. The molecule has 0 amide bonds. The van der Waals surface area contributed by atoms with Crippen LogP contribution in [0.2, 0.25) is 0 Å². The summed E-state index contributed by atoms with van der Waals surface area (Å²) in [6, 6.07) is 0. The van der Waals surface area contributed by atoms with Crippen molar-refractivity contribution in [3.05, 3.63) is 0 Å². The first-order valence-corrected chi connectivity index (χ1v) is 5.91. The maximum absolute atomic E-state index is 5.62. The minimum Gasteiger partial charge on any atom is -0.381 e. The molecule has 3 fully saturated rings. The summed E-state index contributed by atoms with van der Waals surface area (Å²) < 4.78 is 5.62. The van der Waals surface area contributed by atoms with E-state index in [1.807, 2.05) is 7.11 Å². The lowest BCUT2D eigenvalue weighted by molar-refractivity contribution is 0.000715. The molecule has 0 radical (unpaired) electrons. The third kappa shape index (κ3) is 0.832. The Labute approximate surface area is 82.0 Å². The number of ether oxygens (including phenoxy) is 1. The number of hydrogen-bond donors (Lipinski definition) is 0. The van der Waals surface area contributed by atoms with E-state index in [4.69, 9.17) is 4.74 Å². The van der Waals surface area contributed by atoms with Crippen molar-refractivity contribution >= 4 is 15.9 Å². The molecule has 68 valence electrons. The molecular formula is C10H15BrO. The maximum Gasteiger partial charge on any atom is 0.0643 e. The Morgan fingerprint density at radius 2 is 1.92 bits per heavy atom. The van der Waals surface area contributed by atoms with E-state index >= 15 is 0 Å². The molecule has 2 heteroatoms. The molecule has 3 aliphatic carbocycles. The molecule has 0 aliphatic heterocycles. The van der Waals surface area contributed by atoms with Gasteiger partial charge in [-0.15, -0.1) is 0 Å². The molecule has 1 nitrogen and oxygen atoms in total. The summed E-state index contributed by atoms with van der Waals surface area (Å²) in [6.45, 7) is 0. The normalized spacial score (nSPS) is 61.5. The van der Waals surface area contributed by atoms with Crippen molar-refractivity contribution in [3.8, 4) is 0 Å². The van der Waals surface area contributed by atoms with Gasteiger partial charge in [-0.3, -0.25) is 0 Å². The van der Waals surface area contributed by atoms with Gasteiger partial charge in [0.1, 0.15) is 0 Å². The highest BCUT2D eigenvalue weighted by molar-refractivity contribution is 9.09. The fourth-order valence-electron chi connectivity index (χ4n) is 3.69. The molecule has 0 aromatic heterocycles. The van der Waals surface area contributed by atoms with Crippen LogP contribution in [-0.2, 0) is 4.74 Å². The van der Waals surface area contributed by atoms with E-state index in [1.54, 1.807) is 0 Å². The molecule has 1 unspecified atom stereocenters. The molecule has 2 bridgehead atoms. The highest BCUT2D eigenvalue weighted by Crippen LogP contribution is 2.65. The van der Waals surface area contributed by atoms with Crippen LogP contribution in [0.15, 0.2) is 0 Å². The van der Waals surface area contributed by atoms with Gasteiger partial charge in [0.2, 0.25) is 0 Å². The molecule has 3 rings (SSSR count). The summed E-state index contributed by atoms with van der Waals surface area (Å²) in [5.41, 5.74) is 0. The molecule has 0 aromatic carbocycles. The van der Waals surface area contributed by atoms with Crippen molar-refractivity contribution in [2.24, 2.45) is 23.7 Å². The second-order valence-corrected chi connectivity index (χ2v) is 5.77. The average molecular weight is 231 g/mol. The first-order valence-electron chi connectivity index (χ1n) is 5.00. The zero-order valence-corrected chi connectivity index (χ0v) is 8.96. The van der Waals surface area contributed by atoms with Crippen molar-refractivity contribution in [2.75, 3.05) is 7.11 Å². The highest BCUT2D eigenvalue weighted by Gasteiger charge is 2.63. The molecule has 0 heterocycles. The van der Waals surface area contributed by atoms with Gasteiger partial charge in [0, 0.05) is 11.9 Å². The first kappa shape index (κ1) is 7.81. The van der Waals surface area contributed by atoms with Crippen molar-refractivity contribution in [1.29, 1.82) is 0 Å². The van der Waals surface area contributed by atoms with Crippen LogP contribution in [0.3, 0.4) is 0 Å². The van der Waals surface area contributed by atoms with Gasteiger partial charge in [-0.05, 0) is 42.9 Å². The Morgan fingerprint density at radius 3 is 2.67 bits per heavy atom. The van der Waals surface area contributed by atoms with Crippen LogP contribution in [0.5, 0.6) is 0 Å². The maximum atomic E-state index is 5.62. The lowest BCUT2D eigenvalue weighted by Crippen LogP contribution is -2.37. The molecule has 0 N–H and O–H groups in total. The summed E-state index contributed by atoms with van der Waals surface area (Å²) in [6.07, 6.45) is 4.88. The second kappa shape index (κ2) is 2.48. The fourth-order valence-corrected chi connectivity index (χ4v) is 4.69. The summed E-state index contributed by atoms with van der Waals surface area (Å²) in [4.78, 5) is 0.746. The number of alkyl halides is 1. The lowest BCUT2D eigenvalue weighted by Gasteiger charge is -2.35. The largest absolute Gasteiger partial charge is 0.381 e. The van der Waals surface area contributed by atoms with Gasteiger partial charge in [-0.1, -0.05) is 15.9 Å². The molecule has 0 aromatic rings. The van der Waals surface area contributed by atoms with Gasteiger partial charge in [0.05, 0.1) is 6.10 Å². The van der Waals surface area contributed by atoms with Crippen LogP contribution in [0, 0.1) is 23.7 Å². The molecule has 0 saturated heterocycles. The average Bonchev–Trinajstić information content (AvgIpc) is 2.79. The first-order chi connectivity index (χ1) is 5.83. The number of rotatable bonds is 1. The van der Waals surface area contributed by atoms with Crippen molar-refractivity contribution in [3.63, 3.8) is 0 Å². The van der Waals surface area contributed by atoms with Crippen molar-refractivity contribution in [1.82, 2.24) is 0 Å². The summed E-state index contributed by atoms with van der Waals surface area (Å²) in [7, 11) is 1.89. The van der Waals surface area contributed by atoms with Crippen LogP contribution in [-0.4, -0.2) is 18.0 Å². The molecule has 3 saturated carbocycles. The monoisotopic (exact) mass is 230 g/mol. The third-order valence-electron chi connectivity index (χ3n) is 4.27. The van der Waals surface area contributed by atoms with E-state index < -0.39 is 0 Å². The van der Waals surface area contributed by atoms with Crippen LogP contribution in [0.4, 0.5) is 0 Å². The summed E-state index contributed by atoms with van der Waals surface area (Å²) in [5.74, 6) is 3.81. The minimum atomic E-state index is 0.590. The highest BCUT2D eigenvalue weighted by atomic mass is 79.9. The molecule has 6 atom stereocenters. The minimum absolute atomic E-state index is 0.590. The van der Waals surface area contributed by atoms with Gasteiger partial charge in [-0.2, -0.15) is 0 Å². The van der Waals surface area contributed by atoms with E-state index in [1.165, 1.54) is 19.3 Å². The number of methoxy groups -OCH3 is 1. The number of hydrogen-bond acceptors (Lipinski definition) is 1. The van der Waals surface area contributed by atoms with Gasteiger partial charge in [0.25, 0.3) is 0 Å². The Hall–Kier alpha value is 0.440. The predicted molar refractivity (Wildman–Crippen MR) is 51.3 cm³/mol. The van der Waals surface area contributed by atoms with Gasteiger partial charge in [0.15, 0.2) is 0 Å². The van der Waals surface area contributed by atoms with Crippen molar-refractivity contribution < 1.29 is 4.74 Å². The number of halogens is 1. The lowest BCUT2D eigenvalue weighted by atomic mass is 9.81. The van der Waals surface area contributed by atoms with Gasteiger partial charge < -0.3 is 4.74 Å². The standard InChI is InChI=1S/C10H15BrO/c1-12-10-6-3-2-5-7(9(5)10)4-8(6)11/h5-10H,2-4H2,1H3/t5-,6-,7+,8+,9+,10?/m0/s1. The van der Waals surface area contributed by atoms with Crippen molar-refractivity contribution in [2.45, 2.75) is 30.2 Å². The Morgan fingerprint density at radius 1 is 1.17 bits per heavy atom. The second-order valence-electron chi connectivity index (χ2n) is 4.60. The van der Waals surface area contributed by atoms with Crippen LogP contribution < -0.4 is 0 Å². The fraction of sp³-hybridized carbons (Fsp3) is 1.00. The Balaban J connectivity index is 1.89. The summed E-state index contributed by atoms with van der Waals surface area (Å²) >= 11 is 3.81. The Kier molecular flexibility index (Phi) is 1.61. The quantitative estimate of drug-likeness (QED) is 0.630. The van der Waals surface area contributed by atoms with Crippen LogP contribution in [0.25, 0.3) is 0 Å². The Bertz CT molecular complexity index is 206. The van der Waals surface area contributed by atoms with E-state index in [2.05, 4.69) is 15.9 Å². The molecular weight excluding hydrogens is 216 g/mol. The van der Waals surface area contributed by atoms with E-state index in [9.17, 15) is 0 Å². The van der Waals surface area contributed by atoms with Gasteiger partial charge >= 0.3 is 0 Å².